The second-order valence-electron chi connectivity index (χ2n) is 3.96. The molecule has 3 aromatic rings. The van der Waals surface area contributed by atoms with Crippen molar-refractivity contribution in [2.75, 3.05) is 5.32 Å². The fraction of sp³-hybridized carbons (Fsp3) is 0.167. The fourth-order valence-corrected chi connectivity index (χ4v) is 2.25. The van der Waals surface area contributed by atoms with Crippen LogP contribution < -0.4 is 5.32 Å². The van der Waals surface area contributed by atoms with Crippen LogP contribution in [0.15, 0.2) is 36.4 Å². The molecule has 3 rings (SSSR count). The topological polar surface area (TPSA) is 68.5 Å². The lowest BCUT2D eigenvalue weighted by molar-refractivity contribution is 0.845. The third-order valence-electron chi connectivity index (χ3n) is 2.54. The van der Waals surface area contributed by atoms with E-state index in [1.165, 1.54) is 6.33 Å². The number of anilines is 1. The van der Waals surface area contributed by atoms with Gasteiger partial charge in [-0.25, -0.2) is 19.6 Å². The van der Waals surface area contributed by atoms with E-state index in [-0.39, 0.29) is 0 Å². The Morgan fingerprint density at radius 3 is 2.95 bits per heavy atom. The van der Waals surface area contributed by atoms with Gasteiger partial charge in [0.1, 0.15) is 12.7 Å². The highest BCUT2D eigenvalue weighted by Crippen LogP contribution is 2.12. The Morgan fingerprint density at radius 2 is 2.32 bits per heavy atom. The maximum absolute atomic E-state index is 4.40. The summed E-state index contributed by atoms with van der Waals surface area (Å²) in [6.45, 7) is 2.71. The third kappa shape index (κ3) is 2.76. The number of nitrogens with one attached hydrogen (secondary N) is 1. The lowest BCUT2D eigenvalue weighted by atomic mass is 10.4. The lowest BCUT2D eigenvalue weighted by Gasteiger charge is -2.05. The first kappa shape index (κ1) is 11.8. The highest BCUT2D eigenvalue weighted by atomic mass is 32.1. The van der Waals surface area contributed by atoms with Crippen molar-refractivity contribution in [2.24, 2.45) is 0 Å². The van der Waals surface area contributed by atoms with Crippen LogP contribution in [0, 0.1) is 6.92 Å². The van der Waals surface area contributed by atoms with Crippen LogP contribution in [0.5, 0.6) is 0 Å². The first-order valence-electron chi connectivity index (χ1n) is 5.77. The van der Waals surface area contributed by atoms with Crippen LogP contribution in [-0.4, -0.2) is 24.7 Å². The van der Waals surface area contributed by atoms with E-state index in [4.69, 9.17) is 0 Å². The average Bonchev–Trinajstić information content (AvgIpc) is 3.08. The van der Waals surface area contributed by atoms with Gasteiger partial charge in [0, 0.05) is 5.38 Å². The average molecular weight is 272 g/mol. The molecule has 7 heteroatoms. The maximum atomic E-state index is 4.40. The molecule has 0 spiro atoms. The largest absolute Gasteiger partial charge is 0.378 e. The summed E-state index contributed by atoms with van der Waals surface area (Å²) < 4.78 is 1.62. The van der Waals surface area contributed by atoms with Crippen LogP contribution in [0.25, 0.3) is 5.82 Å². The van der Waals surface area contributed by atoms with E-state index in [2.05, 4.69) is 30.7 Å². The monoisotopic (exact) mass is 272 g/mol. The molecule has 0 aromatic carbocycles. The van der Waals surface area contributed by atoms with Crippen molar-refractivity contribution in [2.45, 2.75) is 13.5 Å². The standard InChI is InChI=1S/C12H12N6S/c1-9-17-11(6-19-9)5-14-10-2-3-12(15-4-10)18-8-13-7-16-18/h2-4,6-8,14H,5H2,1H3. The molecule has 3 heterocycles. The Morgan fingerprint density at radius 1 is 1.37 bits per heavy atom. The first-order chi connectivity index (χ1) is 9.31. The van der Waals surface area contributed by atoms with E-state index in [1.807, 2.05) is 19.1 Å². The van der Waals surface area contributed by atoms with Gasteiger partial charge < -0.3 is 5.32 Å². The molecule has 0 amide bonds. The molecule has 0 atom stereocenters. The number of pyridine rings is 1. The molecular formula is C12H12N6S. The van der Waals surface area contributed by atoms with E-state index in [0.29, 0.717) is 6.54 Å². The predicted molar refractivity (Wildman–Crippen MR) is 73.3 cm³/mol. The molecule has 0 bridgehead atoms. The SMILES string of the molecule is Cc1nc(CNc2ccc(-n3cncn3)nc2)cs1. The summed E-state index contributed by atoms with van der Waals surface area (Å²) >= 11 is 1.65. The minimum absolute atomic E-state index is 0.703. The van der Waals surface area contributed by atoms with Crippen molar-refractivity contribution in [3.05, 3.63) is 47.1 Å². The normalized spacial score (nSPS) is 10.6. The molecular weight excluding hydrogens is 260 g/mol. The molecule has 0 saturated carbocycles. The van der Waals surface area contributed by atoms with Gasteiger partial charge >= 0.3 is 0 Å². The van der Waals surface area contributed by atoms with Crippen LogP contribution in [0.3, 0.4) is 0 Å². The van der Waals surface area contributed by atoms with Gasteiger partial charge in [-0.15, -0.1) is 11.3 Å². The zero-order chi connectivity index (χ0) is 13.1. The van der Waals surface area contributed by atoms with Gasteiger partial charge in [-0.2, -0.15) is 5.10 Å². The van der Waals surface area contributed by atoms with Gasteiger partial charge in [0.25, 0.3) is 0 Å². The molecule has 0 aliphatic heterocycles. The van der Waals surface area contributed by atoms with Gasteiger partial charge in [-0.05, 0) is 19.1 Å². The van der Waals surface area contributed by atoms with Crippen molar-refractivity contribution in [3.63, 3.8) is 0 Å². The number of hydrogen-bond acceptors (Lipinski definition) is 6. The molecule has 0 aliphatic rings. The second-order valence-corrected chi connectivity index (χ2v) is 5.02. The minimum atomic E-state index is 0.703. The number of nitrogens with zero attached hydrogens (tertiary/aromatic N) is 5. The summed E-state index contributed by atoms with van der Waals surface area (Å²) in [5.74, 6) is 0.743. The van der Waals surface area contributed by atoms with Gasteiger partial charge in [0.05, 0.1) is 29.1 Å². The van der Waals surface area contributed by atoms with Crippen LogP contribution in [0.4, 0.5) is 5.69 Å². The van der Waals surface area contributed by atoms with E-state index < -0.39 is 0 Å². The van der Waals surface area contributed by atoms with Gasteiger partial charge in [-0.1, -0.05) is 0 Å². The molecule has 0 fully saturated rings. The highest BCUT2D eigenvalue weighted by Gasteiger charge is 2.01. The summed E-state index contributed by atoms with van der Waals surface area (Å²) in [7, 11) is 0. The molecule has 96 valence electrons. The van der Waals surface area contributed by atoms with E-state index in [0.717, 1.165) is 22.2 Å². The summed E-state index contributed by atoms with van der Waals surface area (Å²) in [6.07, 6.45) is 4.88. The van der Waals surface area contributed by atoms with Gasteiger partial charge in [0.15, 0.2) is 5.82 Å². The number of rotatable bonds is 4. The number of thiazole rings is 1. The summed E-state index contributed by atoms with van der Waals surface area (Å²) in [6, 6.07) is 3.85. The molecule has 0 saturated heterocycles. The summed E-state index contributed by atoms with van der Waals surface area (Å²) in [4.78, 5) is 12.6. The smallest absolute Gasteiger partial charge is 0.155 e. The summed E-state index contributed by atoms with van der Waals surface area (Å²) in [5, 5.41) is 10.4. The van der Waals surface area contributed by atoms with Crippen LogP contribution in [0.1, 0.15) is 10.7 Å². The zero-order valence-electron chi connectivity index (χ0n) is 10.3. The molecule has 0 unspecified atom stereocenters. The highest BCUT2D eigenvalue weighted by molar-refractivity contribution is 7.09. The van der Waals surface area contributed by atoms with E-state index >= 15 is 0 Å². The van der Waals surface area contributed by atoms with Crippen molar-refractivity contribution in [1.82, 2.24) is 24.7 Å². The van der Waals surface area contributed by atoms with Crippen LogP contribution in [-0.2, 0) is 6.54 Å². The Hall–Kier alpha value is -2.28. The van der Waals surface area contributed by atoms with Crippen LogP contribution in [0.2, 0.25) is 0 Å². The third-order valence-corrected chi connectivity index (χ3v) is 3.36. The van der Waals surface area contributed by atoms with Crippen molar-refractivity contribution < 1.29 is 0 Å². The summed E-state index contributed by atoms with van der Waals surface area (Å²) in [5.41, 5.74) is 2.00. The Balaban J connectivity index is 1.66. The van der Waals surface area contributed by atoms with E-state index in [9.17, 15) is 0 Å². The molecule has 1 N–H and O–H groups in total. The van der Waals surface area contributed by atoms with Gasteiger partial charge in [0.2, 0.25) is 0 Å². The number of aryl methyl sites for hydroxylation is 1. The van der Waals surface area contributed by atoms with Crippen LogP contribution >= 0.6 is 11.3 Å². The number of hydrogen-bond donors (Lipinski definition) is 1. The second kappa shape index (κ2) is 5.15. The molecule has 6 nitrogen and oxygen atoms in total. The zero-order valence-corrected chi connectivity index (χ0v) is 11.1. The maximum Gasteiger partial charge on any atom is 0.155 e. The van der Waals surface area contributed by atoms with Crippen molar-refractivity contribution in [1.29, 1.82) is 0 Å². The quantitative estimate of drug-likeness (QED) is 0.787. The van der Waals surface area contributed by atoms with Gasteiger partial charge in [-0.3, -0.25) is 0 Å². The molecule has 19 heavy (non-hydrogen) atoms. The number of aromatic nitrogens is 5. The Labute approximate surface area is 114 Å². The molecule has 3 aromatic heterocycles. The molecule has 0 radical (unpaired) electrons. The lowest BCUT2D eigenvalue weighted by Crippen LogP contribution is -2.02. The van der Waals surface area contributed by atoms with E-state index in [1.54, 1.807) is 28.5 Å². The first-order valence-corrected chi connectivity index (χ1v) is 6.65. The predicted octanol–water partition coefficient (Wildman–Crippen LogP) is 2.04. The van der Waals surface area contributed by atoms with Crippen molar-refractivity contribution >= 4 is 17.0 Å². The molecule has 0 aliphatic carbocycles. The fourth-order valence-electron chi connectivity index (χ4n) is 1.63. The minimum Gasteiger partial charge on any atom is -0.378 e. The Bertz CT molecular complexity index is 643. The Kier molecular flexibility index (Phi) is 3.20. The van der Waals surface area contributed by atoms with Crippen molar-refractivity contribution in [3.8, 4) is 5.82 Å².